The second-order valence-electron chi connectivity index (χ2n) is 7.94. The van der Waals surface area contributed by atoms with Crippen LogP contribution in [-0.4, -0.2) is 17.0 Å². The molecular weight excluding hydrogens is 424 g/mol. The predicted octanol–water partition coefficient (Wildman–Crippen LogP) is 7.58. The van der Waals surface area contributed by atoms with Crippen LogP contribution in [0.3, 0.4) is 0 Å². The zero-order valence-corrected chi connectivity index (χ0v) is 18.0. The monoisotopic (exact) mass is 457 g/mol. The Morgan fingerprint density at radius 2 is 0.773 bits per heavy atom. The minimum atomic E-state index is -1.52. The molecule has 0 radical (unpaired) electrons. The molecule has 0 aliphatic heterocycles. The average Bonchev–Trinajstić information content (AvgIpc) is 2.58. The number of halogens is 2. The molecule has 0 amide bonds. The third-order valence-electron chi connectivity index (χ3n) is 6.82. The van der Waals surface area contributed by atoms with Gasteiger partial charge in [-0.15, -0.1) is 0 Å². The van der Waals surface area contributed by atoms with E-state index in [-0.39, 0.29) is 0 Å². The van der Waals surface area contributed by atoms with E-state index < -0.39 is 19.7 Å². The standard InChI is InChI=1S/C18H33P.2ClH.Pd/c1-4-10-16(11-5-1)19(17-12-6-2-7-13-17)18-14-8-3-9-15-18;;;/h16-18H,1-15H2;2*1H;/q;;;+1/p-1. The van der Waals surface area contributed by atoms with E-state index in [2.05, 4.69) is 0 Å². The Morgan fingerprint density at radius 3 is 1.00 bits per heavy atom. The average molecular weight is 459 g/mol. The maximum atomic E-state index is 7.04. The molecule has 0 saturated heterocycles. The molecule has 0 N–H and O–H groups in total. The molecule has 0 aromatic carbocycles. The van der Waals surface area contributed by atoms with E-state index in [1.54, 1.807) is 0 Å². The van der Waals surface area contributed by atoms with Crippen molar-refractivity contribution in [1.29, 1.82) is 0 Å². The first-order valence-electron chi connectivity index (χ1n) is 9.71. The fourth-order valence-electron chi connectivity index (χ4n) is 5.87. The van der Waals surface area contributed by atoms with Crippen LogP contribution >= 0.6 is 24.5 Å². The summed E-state index contributed by atoms with van der Waals surface area (Å²) < 4.78 is 0. The van der Waals surface area contributed by atoms with Gasteiger partial charge in [0.05, 0.1) is 0 Å². The van der Waals surface area contributed by atoms with Crippen molar-refractivity contribution in [3.8, 4) is 0 Å². The van der Waals surface area contributed by atoms with Crippen LogP contribution in [0, 0.1) is 0 Å². The summed E-state index contributed by atoms with van der Waals surface area (Å²) in [7, 11) is 14.1. The molecular formula is C18H34Cl2PPd. The summed E-state index contributed by atoms with van der Waals surface area (Å²) in [5.41, 5.74) is 1.45. The minimum absolute atomic E-state index is 0.989. The first kappa shape index (κ1) is 18.5. The Balaban J connectivity index is 1.92. The van der Waals surface area contributed by atoms with Gasteiger partial charge in [-0.2, -0.15) is 0 Å². The third-order valence-corrected chi connectivity index (χ3v) is 28.7. The van der Waals surface area contributed by atoms with E-state index in [1.807, 2.05) is 0 Å². The molecule has 0 bridgehead atoms. The molecule has 0 heterocycles. The van der Waals surface area contributed by atoms with Crippen molar-refractivity contribution < 1.29 is 14.2 Å². The Morgan fingerprint density at radius 1 is 0.500 bits per heavy atom. The zero-order chi connectivity index (χ0) is 15.4. The molecule has 0 spiro atoms. The fraction of sp³-hybridized carbons (Fsp3) is 1.00. The van der Waals surface area contributed by atoms with Gasteiger partial charge >= 0.3 is 152 Å². The fourth-order valence-corrected chi connectivity index (χ4v) is 31.0. The molecule has 0 atom stereocenters. The molecule has 0 nitrogen and oxygen atoms in total. The van der Waals surface area contributed by atoms with E-state index in [9.17, 15) is 0 Å². The Hall–Kier alpha value is 1.67. The first-order chi connectivity index (χ1) is 10.8. The Bertz CT molecular complexity index is 286. The van der Waals surface area contributed by atoms with Gasteiger partial charge in [0.1, 0.15) is 0 Å². The molecule has 22 heavy (non-hydrogen) atoms. The molecule has 0 aromatic heterocycles. The normalized spacial score (nSPS) is 28.5. The van der Waals surface area contributed by atoms with Gasteiger partial charge in [-0.25, -0.2) is 0 Å². The van der Waals surface area contributed by atoms with Crippen molar-refractivity contribution in [2.75, 3.05) is 0 Å². The van der Waals surface area contributed by atoms with Crippen molar-refractivity contribution in [3.63, 3.8) is 0 Å². The summed E-state index contributed by atoms with van der Waals surface area (Å²) in [5, 5.41) is 0. The summed E-state index contributed by atoms with van der Waals surface area (Å²) in [4.78, 5) is 0. The van der Waals surface area contributed by atoms with E-state index in [0.29, 0.717) is 0 Å². The maximum absolute atomic E-state index is 7.04. The Labute approximate surface area is 151 Å². The van der Waals surface area contributed by atoms with Gasteiger partial charge in [0, 0.05) is 0 Å². The molecule has 3 aliphatic carbocycles. The predicted molar refractivity (Wildman–Crippen MR) is 101 cm³/mol. The van der Waals surface area contributed by atoms with Gasteiger partial charge < -0.3 is 0 Å². The van der Waals surface area contributed by atoms with Crippen LogP contribution in [0.1, 0.15) is 96.3 Å². The second kappa shape index (κ2) is 8.86. The Kier molecular flexibility index (Phi) is 7.43. The summed E-state index contributed by atoms with van der Waals surface area (Å²) in [6.07, 6.45) is 22.1. The van der Waals surface area contributed by atoms with E-state index in [0.717, 1.165) is 17.0 Å². The quantitative estimate of drug-likeness (QED) is 0.301. The van der Waals surface area contributed by atoms with Gasteiger partial charge in [0.2, 0.25) is 0 Å². The van der Waals surface area contributed by atoms with Crippen molar-refractivity contribution in [2.24, 2.45) is 0 Å². The third kappa shape index (κ3) is 3.75. The van der Waals surface area contributed by atoms with E-state index in [1.165, 1.54) is 96.3 Å². The van der Waals surface area contributed by atoms with Crippen molar-refractivity contribution >= 4 is 24.5 Å². The molecule has 135 valence electrons. The van der Waals surface area contributed by atoms with E-state index >= 15 is 0 Å². The van der Waals surface area contributed by atoms with Gasteiger partial charge in [0.25, 0.3) is 0 Å². The van der Waals surface area contributed by atoms with Gasteiger partial charge in [-0.3, -0.25) is 0 Å². The molecule has 0 aromatic rings. The van der Waals surface area contributed by atoms with Gasteiger partial charge in [-0.05, 0) is 0 Å². The summed E-state index contributed by atoms with van der Waals surface area (Å²) in [5.74, 6) is 0. The molecule has 3 aliphatic rings. The van der Waals surface area contributed by atoms with Gasteiger partial charge in [0.15, 0.2) is 0 Å². The number of rotatable bonds is 4. The van der Waals surface area contributed by atoms with Crippen LogP contribution in [0.25, 0.3) is 0 Å². The van der Waals surface area contributed by atoms with Crippen LogP contribution in [-0.2, 0) is 14.2 Å². The van der Waals surface area contributed by atoms with Crippen LogP contribution in [0.4, 0.5) is 0 Å². The van der Waals surface area contributed by atoms with Crippen LogP contribution in [0.2, 0.25) is 0 Å². The van der Waals surface area contributed by atoms with Crippen LogP contribution in [0.5, 0.6) is 0 Å². The number of hydrogen-bond acceptors (Lipinski definition) is 0. The van der Waals surface area contributed by atoms with Gasteiger partial charge in [-0.1, -0.05) is 0 Å². The van der Waals surface area contributed by atoms with Crippen molar-refractivity contribution in [1.82, 2.24) is 0 Å². The van der Waals surface area contributed by atoms with Crippen LogP contribution in [0.15, 0.2) is 0 Å². The first-order valence-corrected chi connectivity index (χ1v) is 18.1. The van der Waals surface area contributed by atoms with Crippen LogP contribution < -0.4 is 0 Å². The molecule has 3 fully saturated rings. The SMILES string of the molecule is [Cl][Pd]([Cl])[PH](C1CCCCC1)(C1CCCCC1)C1CCCCC1. The summed E-state index contributed by atoms with van der Waals surface area (Å²) in [6.45, 7) is 0. The molecule has 4 heteroatoms. The topological polar surface area (TPSA) is 0 Å². The second-order valence-corrected chi connectivity index (χ2v) is 24.6. The summed E-state index contributed by atoms with van der Waals surface area (Å²) >= 11 is -1.31. The molecule has 3 rings (SSSR count). The molecule has 0 unspecified atom stereocenters. The molecule has 3 saturated carbocycles. The zero-order valence-electron chi connectivity index (χ0n) is 13.9. The number of hydrogen-bond donors (Lipinski definition) is 0. The van der Waals surface area contributed by atoms with Crippen molar-refractivity contribution in [3.05, 3.63) is 0 Å². The van der Waals surface area contributed by atoms with E-state index in [4.69, 9.17) is 19.1 Å². The summed E-state index contributed by atoms with van der Waals surface area (Å²) in [6, 6.07) is 0. The van der Waals surface area contributed by atoms with Crippen molar-refractivity contribution in [2.45, 2.75) is 113 Å².